The third-order valence-corrected chi connectivity index (χ3v) is 6.35. The molecule has 1 amide bonds. The monoisotopic (exact) mass is 476 g/mol. The van der Waals surface area contributed by atoms with Gasteiger partial charge >= 0.3 is 0 Å². The number of amides is 1. The van der Waals surface area contributed by atoms with E-state index in [-0.39, 0.29) is 5.91 Å². The lowest BCUT2D eigenvalue weighted by atomic mass is 10.0. The van der Waals surface area contributed by atoms with E-state index in [1.54, 1.807) is 7.11 Å². The molecular weight excluding hydrogens is 448 g/mol. The van der Waals surface area contributed by atoms with Crippen LogP contribution in [0.15, 0.2) is 97.1 Å². The van der Waals surface area contributed by atoms with Crippen molar-refractivity contribution in [2.24, 2.45) is 0 Å². The van der Waals surface area contributed by atoms with Crippen LogP contribution in [0.3, 0.4) is 0 Å². The van der Waals surface area contributed by atoms with E-state index in [9.17, 15) is 4.79 Å². The van der Waals surface area contributed by atoms with Crippen molar-refractivity contribution >= 4 is 23.4 Å². The van der Waals surface area contributed by atoms with E-state index in [4.69, 9.17) is 4.74 Å². The number of carbonyl (C=O) groups excluding carboxylic acids is 1. The molecule has 1 saturated heterocycles. The van der Waals surface area contributed by atoms with Crippen molar-refractivity contribution in [3.8, 4) is 17.0 Å². The van der Waals surface area contributed by atoms with Gasteiger partial charge in [-0.3, -0.25) is 4.79 Å². The Morgan fingerprint density at radius 1 is 0.778 bits per heavy atom. The second kappa shape index (κ2) is 10.9. The van der Waals surface area contributed by atoms with Crippen LogP contribution in [0.25, 0.3) is 22.9 Å². The number of ether oxygens (including phenoxy) is 1. The number of carbonyl (C=O) groups is 1. The second-order valence-electron chi connectivity index (χ2n) is 8.62. The zero-order valence-corrected chi connectivity index (χ0v) is 20.2. The molecule has 3 aromatic carbocycles. The fourth-order valence-corrected chi connectivity index (χ4v) is 4.32. The topological polar surface area (TPSA) is 58.6 Å². The van der Waals surface area contributed by atoms with E-state index < -0.39 is 0 Å². The summed E-state index contributed by atoms with van der Waals surface area (Å²) in [4.78, 5) is 17.8. The summed E-state index contributed by atoms with van der Waals surface area (Å²) in [5.74, 6) is 1.65. The van der Waals surface area contributed by atoms with Crippen molar-refractivity contribution in [1.82, 2.24) is 15.1 Å². The van der Waals surface area contributed by atoms with E-state index in [0.717, 1.165) is 34.0 Å². The molecule has 2 heterocycles. The highest BCUT2D eigenvalue weighted by Gasteiger charge is 2.25. The Labute approximate surface area is 211 Å². The van der Waals surface area contributed by atoms with Gasteiger partial charge in [-0.1, -0.05) is 72.8 Å². The zero-order chi connectivity index (χ0) is 24.7. The highest BCUT2D eigenvalue weighted by Crippen LogP contribution is 2.24. The van der Waals surface area contributed by atoms with Gasteiger partial charge in [0.15, 0.2) is 5.82 Å². The Bertz CT molecular complexity index is 1310. The van der Waals surface area contributed by atoms with Crippen LogP contribution in [0.1, 0.15) is 11.1 Å². The molecule has 0 unspecified atom stereocenters. The van der Waals surface area contributed by atoms with Crippen molar-refractivity contribution in [1.29, 1.82) is 0 Å². The van der Waals surface area contributed by atoms with Gasteiger partial charge < -0.3 is 14.5 Å². The number of hydrogen-bond donors (Lipinski definition) is 0. The maximum absolute atomic E-state index is 13.7. The number of piperazine rings is 1. The second-order valence-corrected chi connectivity index (χ2v) is 8.62. The van der Waals surface area contributed by atoms with Gasteiger partial charge in [-0.05, 0) is 41.5 Å². The molecule has 0 atom stereocenters. The third-order valence-electron chi connectivity index (χ3n) is 6.35. The lowest BCUT2D eigenvalue weighted by Gasteiger charge is -2.35. The van der Waals surface area contributed by atoms with Crippen molar-refractivity contribution in [3.05, 3.63) is 108 Å². The molecule has 4 aromatic rings. The van der Waals surface area contributed by atoms with Gasteiger partial charge in [-0.25, -0.2) is 0 Å². The average Bonchev–Trinajstić information content (AvgIpc) is 2.97. The summed E-state index contributed by atoms with van der Waals surface area (Å²) in [5, 5.41) is 8.87. The number of hydrogen-bond acceptors (Lipinski definition) is 5. The molecule has 6 heteroatoms. The molecule has 180 valence electrons. The largest absolute Gasteiger partial charge is 0.497 e. The molecule has 36 heavy (non-hydrogen) atoms. The summed E-state index contributed by atoms with van der Waals surface area (Å²) in [5.41, 5.74) is 4.44. The first kappa shape index (κ1) is 23.3. The first-order valence-corrected chi connectivity index (χ1v) is 12.1. The maximum Gasteiger partial charge on any atom is 0.254 e. The van der Waals surface area contributed by atoms with Gasteiger partial charge in [-0.15, -0.1) is 10.2 Å². The van der Waals surface area contributed by atoms with E-state index in [0.29, 0.717) is 31.8 Å². The van der Waals surface area contributed by atoms with Gasteiger partial charge in [0, 0.05) is 37.3 Å². The van der Waals surface area contributed by atoms with E-state index >= 15 is 0 Å². The van der Waals surface area contributed by atoms with Gasteiger partial charge in [0.25, 0.3) is 5.91 Å². The van der Waals surface area contributed by atoms with Crippen molar-refractivity contribution in [2.75, 3.05) is 38.2 Å². The summed E-state index contributed by atoms with van der Waals surface area (Å²) in [6.07, 6.45) is 1.96. The first-order valence-electron chi connectivity index (χ1n) is 12.1. The molecule has 5 rings (SSSR count). The van der Waals surface area contributed by atoms with Gasteiger partial charge in [0.1, 0.15) is 5.75 Å². The van der Waals surface area contributed by atoms with Crippen LogP contribution in [0, 0.1) is 0 Å². The molecule has 0 bridgehead atoms. The maximum atomic E-state index is 13.7. The molecule has 0 aliphatic carbocycles. The number of nitrogens with zero attached hydrogens (tertiary/aromatic N) is 4. The fraction of sp³-hybridized carbons (Fsp3) is 0.167. The summed E-state index contributed by atoms with van der Waals surface area (Å²) in [6.45, 7) is 2.65. The number of aromatic nitrogens is 2. The van der Waals surface area contributed by atoms with E-state index in [1.807, 2.05) is 108 Å². The molecule has 0 spiro atoms. The Kier molecular flexibility index (Phi) is 7.03. The minimum Gasteiger partial charge on any atom is -0.497 e. The predicted molar refractivity (Wildman–Crippen MR) is 144 cm³/mol. The van der Waals surface area contributed by atoms with Gasteiger partial charge in [0.05, 0.1) is 12.8 Å². The van der Waals surface area contributed by atoms with E-state index in [1.165, 1.54) is 0 Å². The van der Waals surface area contributed by atoms with Crippen molar-refractivity contribution in [2.45, 2.75) is 0 Å². The molecular formula is C30H28N4O2. The Hall–Kier alpha value is -4.45. The number of benzene rings is 3. The van der Waals surface area contributed by atoms with Crippen LogP contribution in [0.2, 0.25) is 0 Å². The normalized spacial score (nSPS) is 14.0. The third kappa shape index (κ3) is 5.28. The molecule has 6 nitrogen and oxygen atoms in total. The highest BCUT2D eigenvalue weighted by molar-refractivity contribution is 6.24. The molecule has 1 fully saturated rings. The number of rotatable bonds is 6. The lowest BCUT2D eigenvalue weighted by molar-refractivity contribution is -0.125. The van der Waals surface area contributed by atoms with Crippen LogP contribution in [0.4, 0.5) is 5.82 Å². The average molecular weight is 477 g/mol. The molecule has 0 saturated carbocycles. The van der Waals surface area contributed by atoms with E-state index in [2.05, 4.69) is 15.1 Å². The van der Waals surface area contributed by atoms with Crippen LogP contribution in [-0.4, -0.2) is 54.3 Å². The molecule has 0 N–H and O–H groups in total. The summed E-state index contributed by atoms with van der Waals surface area (Å²) in [6, 6.07) is 31.6. The number of methoxy groups -OCH3 is 1. The van der Waals surface area contributed by atoms with Crippen molar-refractivity contribution in [3.63, 3.8) is 0 Å². The number of anilines is 1. The Balaban J connectivity index is 1.30. The SMILES string of the molecule is COc1ccc(/C=C(/C(=O)N2CCN(c3ccc(-c4ccccc4)nn3)CC2)c2ccccc2)cc1. The lowest BCUT2D eigenvalue weighted by Crippen LogP contribution is -2.49. The molecule has 1 aliphatic rings. The van der Waals surface area contributed by atoms with Crippen LogP contribution >= 0.6 is 0 Å². The van der Waals surface area contributed by atoms with Crippen molar-refractivity contribution < 1.29 is 9.53 Å². The van der Waals surface area contributed by atoms with Crippen LogP contribution in [0.5, 0.6) is 5.75 Å². The smallest absolute Gasteiger partial charge is 0.254 e. The van der Waals surface area contributed by atoms with Crippen LogP contribution in [-0.2, 0) is 4.79 Å². The summed E-state index contributed by atoms with van der Waals surface area (Å²) in [7, 11) is 1.65. The Morgan fingerprint density at radius 2 is 1.44 bits per heavy atom. The first-order chi connectivity index (χ1) is 17.7. The minimum atomic E-state index is 0.0298. The standard InChI is InChI=1S/C30H28N4O2/c1-36-26-14-12-23(13-15-26)22-27(24-8-4-2-5-9-24)30(35)34-20-18-33(19-21-34)29-17-16-28(31-32-29)25-10-6-3-7-11-25/h2-17,22H,18-21H2,1H3/b27-22+. The molecule has 1 aromatic heterocycles. The Morgan fingerprint density at radius 3 is 2.06 bits per heavy atom. The zero-order valence-electron chi connectivity index (χ0n) is 20.2. The minimum absolute atomic E-state index is 0.0298. The fourth-order valence-electron chi connectivity index (χ4n) is 4.32. The molecule has 1 aliphatic heterocycles. The summed E-state index contributed by atoms with van der Waals surface area (Å²) >= 11 is 0. The quantitative estimate of drug-likeness (QED) is 0.288. The van der Waals surface area contributed by atoms with Crippen LogP contribution < -0.4 is 9.64 Å². The van der Waals surface area contributed by atoms with Gasteiger partial charge in [-0.2, -0.15) is 0 Å². The summed E-state index contributed by atoms with van der Waals surface area (Å²) < 4.78 is 5.27. The van der Waals surface area contributed by atoms with Gasteiger partial charge in [0.2, 0.25) is 0 Å². The highest BCUT2D eigenvalue weighted by atomic mass is 16.5. The molecule has 0 radical (unpaired) electrons. The predicted octanol–water partition coefficient (Wildman–Crippen LogP) is 5.04.